The molecule has 19 heavy (non-hydrogen) atoms. The topological polar surface area (TPSA) is 64.5 Å². The first kappa shape index (κ1) is 13.7. The molecule has 1 fully saturated rings. The van der Waals surface area contributed by atoms with Crippen LogP contribution in [-0.2, 0) is 9.47 Å². The van der Waals surface area contributed by atoms with Crippen molar-refractivity contribution in [2.24, 2.45) is 5.92 Å². The molecule has 2 unspecified atom stereocenters. The molecule has 0 N–H and O–H groups in total. The van der Waals surface area contributed by atoms with Gasteiger partial charge in [-0.1, -0.05) is 6.92 Å². The Kier molecular flexibility index (Phi) is 4.31. The molecule has 0 spiro atoms. The van der Waals surface area contributed by atoms with Crippen molar-refractivity contribution < 1.29 is 14.3 Å². The van der Waals surface area contributed by atoms with Crippen molar-refractivity contribution in [2.75, 3.05) is 32.2 Å². The number of anilines is 1. The molecule has 1 saturated heterocycles. The van der Waals surface area contributed by atoms with E-state index < -0.39 is 5.97 Å². The third-order valence-corrected chi connectivity index (χ3v) is 3.55. The van der Waals surface area contributed by atoms with E-state index in [0.717, 1.165) is 25.3 Å². The minimum Gasteiger partial charge on any atom is -0.464 e. The molecule has 2 atom stereocenters. The molecule has 1 aromatic heterocycles. The van der Waals surface area contributed by atoms with Crippen molar-refractivity contribution >= 4 is 11.8 Å². The number of ether oxygens (including phenoxy) is 2. The molecule has 0 bridgehead atoms. The Balaban J connectivity index is 2.08. The molecular weight excluding hydrogens is 246 g/mol. The van der Waals surface area contributed by atoms with Crippen molar-refractivity contribution in [1.82, 2.24) is 9.97 Å². The van der Waals surface area contributed by atoms with Gasteiger partial charge in [-0.05, 0) is 12.3 Å². The molecule has 6 nitrogen and oxygen atoms in total. The zero-order valence-corrected chi connectivity index (χ0v) is 11.5. The normalized spacial score (nSPS) is 23.2. The molecule has 104 valence electrons. The molecule has 0 aromatic carbocycles. The van der Waals surface area contributed by atoms with E-state index in [1.807, 2.05) is 0 Å². The van der Waals surface area contributed by atoms with Gasteiger partial charge in [0.05, 0.1) is 25.6 Å². The van der Waals surface area contributed by atoms with Gasteiger partial charge in [-0.15, -0.1) is 0 Å². The Labute approximate surface area is 112 Å². The number of hydrogen-bond donors (Lipinski definition) is 0. The molecule has 2 heterocycles. The largest absolute Gasteiger partial charge is 0.464 e. The third kappa shape index (κ3) is 3.01. The molecule has 0 saturated carbocycles. The van der Waals surface area contributed by atoms with Crippen LogP contribution in [0.4, 0.5) is 5.82 Å². The fourth-order valence-corrected chi connectivity index (χ4v) is 2.24. The maximum absolute atomic E-state index is 11.3. The van der Waals surface area contributed by atoms with Crippen LogP contribution in [-0.4, -0.2) is 49.4 Å². The molecule has 2 rings (SSSR count). The number of aromatic nitrogens is 2. The van der Waals surface area contributed by atoms with E-state index in [0.29, 0.717) is 5.92 Å². The van der Waals surface area contributed by atoms with Crippen LogP contribution in [0, 0.1) is 5.92 Å². The second-order valence-corrected chi connectivity index (χ2v) is 4.74. The van der Waals surface area contributed by atoms with Crippen molar-refractivity contribution in [1.29, 1.82) is 0 Å². The first-order valence-corrected chi connectivity index (χ1v) is 6.33. The van der Waals surface area contributed by atoms with E-state index in [-0.39, 0.29) is 11.8 Å². The lowest BCUT2D eigenvalue weighted by Crippen LogP contribution is -2.44. The molecule has 0 aliphatic carbocycles. The average molecular weight is 265 g/mol. The van der Waals surface area contributed by atoms with E-state index >= 15 is 0 Å². The van der Waals surface area contributed by atoms with Crippen molar-refractivity contribution in [3.05, 3.63) is 18.1 Å². The highest BCUT2D eigenvalue weighted by Crippen LogP contribution is 2.22. The van der Waals surface area contributed by atoms with Gasteiger partial charge in [0.15, 0.2) is 5.69 Å². The Morgan fingerprint density at radius 2 is 2.16 bits per heavy atom. The summed E-state index contributed by atoms with van der Waals surface area (Å²) in [6.45, 7) is 3.91. The number of carbonyl (C=O) groups is 1. The van der Waals surface area contributed by atoms with Gasteiger partial charge in [-0.3, -0.25) is 0 Å². The lowest BCUT2D eigenvalue weighted by molar-refractivity contribution is 0.0496. The highest BCUT2D eigenvalue weighted by Gasteiger charge is 2.26. The standard InChI is InChI=1S/C13H19N3O3/c1-9-4-5-16(8-11(9)18-2)12-7-14-10(6-15-12)13(17)19-3/h6-7,9,11H,4-5,8H2,1-3H3. The zero-order chi connectivity index (χ0) is 13.8. The number of methoxy groups -OCH3 is 2. The fraction of sp³-hybridized carbons (Fsp3) is 0.615. The van der Waals surface area contributed by atoms with Crippen molar-refractivity contribution in [2.45, 2.75) is 19.4 Å². The summed E-state index contributed by atoms with van der Waals surface area (Å²) in [5.41, 5.74) is 0.222. The number of nitrogens with zero attached hydrogens (tertiary/aromatic N) is 3. The predicted octanol–water partition coefficient (Wildman–Crippen LogP) is 1.12. The molecule has 1 aromatic rings. The minimum atomic E-state index is -0.471. The molecule has 0 radical (unpaired) electrons. The smallest absolute Gasteiger partial charge is 0.358 e. The number of piperidine rings is 1. The molecule has 1 aliphatic rings. The highest BCUT2D eigenvalue weighted by atomic mass is 16.5. The van der Waals surface area contributed by atoms with Gasteiger partial charge in [0.2, 0.25) is 0 Å². The highest BCUT2D eigenvalue weighted by molar-refractivity contribution is 5.86. The van der Waals surface area contributed by atoms with Crippen LogP contribution in [0.1, 0.15) is 23.8 Å². The average Bonchev–Trinajstić information content (AvgIpc) is 2.47. The molecular formula is C13H19N3O3. The van der Waals surface area contributed by atoms with Crippen LogP contribution in [0.15, 0.2) is 12.4 Å². The monoisotopic (exact) mass is 265 g/mol. The van der Waals surface area contributed by atoms with Gasteiger partial charge < -0.3 is 14.4 Å². The van der Waals surface area contributed by atoms with E-state index in [9.17, 15) is 4.79 Å². The lowest BCUT2D eigenvalue weighted by Gasteiger charge is -2.36. The first-order chi connectivity index (χ1) is 9.15. The third-order valence-electron chi connectivity index (χ3n) is 3.55. The predicted molar refractivity (Wildman–Crippen MR) is 70.2 cm³/mol. The summed E-state index contributed by atoms with van der Waals surface area (Å²) in [4.78, 5) is 21.8. The summed E-state index contributed by atoms with van der Waals surface area (Å²) in [5, 5.41) is 0. The number of hydrogen-bond acceptors (Lipinski definition) is 6. The van der Waals surface area contributed by atoms with Crippen LogP contribution in [0.3, 0.4) is 0 Å². The van der Waals surface area contributed by atoms with Crippen LogP contribution < -0.4 is 4.90 Å². The zero-order valence-electron chi connectivity index (χ0n) is 11.5. The van der Waals surface area contributed by atoms with E-state index in [4.69, 9.17) is 4.74 Å². The Morgan fingerprint density at radius 3 is 2.74 bits per heavy atom. The van der Waals surface area contributed by atoms with Crippen molar-refractivity contribution in [3.63, 3.8) is 0 Å². The first-order valence-electron chi connectivity index (χ1n) is 6.33. The lowest BCUT2D eigenvalue weighted by atomic mass is 9.96. The van der Waals surface area contributed by atoms with Gasteiger partial charge >= 0.3 is 5.97 Å². The van der Waals surface area contributed by atoms with Crippen LogP contribution >= 0.6 is 0 Å². The summed E-state index contributed by atoms with van der Waals surface area (Å²) in [7, 11) is 3.06. The van der Waals surface area contributed by atoms with Crippen molar-refractivity contribution in [3.8, 4) is 0 Å². The van der Waals surface area contributed by atoms with E-state index in [2.05, 4.69) is 26.5 Å². The fourth-order valence-electron chi connectivity index (χ4n) is 2.24. The van der Waals surface area contributed by atoms with Gasteiger partial charge in [-0.2, -0.15) is 0 Å². The maximum atomic E-state index is 11.3. The maximum Gasteiger partial charge on any atom is 0.358 e. The molecule has 0 amide bonds. The quantitative estimate of drug-likeness (QED) is 0.763. The van der Waals surface area contributed by atoms with Crippen LogP contribution in [0.25, 0.3) is 0 Å². The van der Waals surface area contributed by atoms with Gasteiger partial charge in [0.25, 0.3) is 0 Å². The summed E-state index contributed by atoms with van der Waals surface area (Å²) in [6.07, 6.45) is 4.31. The van der Waals surface area contributed by atoms with Gasteiger partial charge in [0.1, 0.15) is 5.82 Å². The summed E-state index contributed by atoms with van der Waals surface area (Å²) in [5.74, 6) is 0.839. The summed E-state index contributed by atoms with van der Waals surface area (Å²) >= 11 is 0. The minimum absolute atomic E-state index is 0.204. The van der Waals surface area contributed by atoms with Crippen LogP contribution in [0.2, 0.25) is 0 Å². The van der Waals surface area contributed by atoms with Crippen LogP contribution in [0.5, 0.6) is 0 Å². The van der Waals surface area contributed by atoms with Gasteiger partial charge in [-0.25, -0.2) is 14.8 Å². The Hall–Kier alpha value is -1.69. The van der Waals surface area contributed by atoms with E-state index in [1.165, 1.54) is 13.3 Å². The number of esters is 1. The molecule has 6 heteroatoms. The van der Waals surface area contributed by atoms with E-state index in [1.54, 1.807) is 13.3 Å². The second-order valence-electron chi connectivity index (χ2n) is 4.74. The Bertz CT molecular complexity index is 435. The summed E-state index contributed by atoms with van der Waals surface area (Å²) in [6, 6.07) is 0. The van der Waals surface area contributed by atoms with Gasteiger partial charge in [0, 0.05) is 20.2 Å². The molecule has 1 aliphatic heterocycles. The summed E-state index contributed by atoms with van der Waals surface area (Å²) < 4.78 is 10.1. The number of carbonyl (C=O) groups excluding carboxylic acids is 1. The SMILES string of the molecule is COC(=O)c1cnc(N2CCC(C)C(OC)C2)cn1. The Morgan fingerprint density at radius 1 is 1.37 bits per heavy atom. The number of rotatable bonds is 3. The second kappa shape index (κ2) is 5.97.